The second kappa shape index (κ2) is 4.56. The van der Waals surface area contributed by atoms with Crippen LogP contribution >= 0.6 is 0 Å². The lowest BCUT2D eigenvalue weighted by Gasteiger charge is -2.37. The number of fused-ring (bicyclic) bond motifs is 1. The molecule has 2 nitrogen and oxygen atoms in total. The molecule has 0 heterocycles. The van der Waals surface area contributed by atoms with Gasteiger partial charge in [0.1, 0.15) is 0 Å². The van der Waals surface area contributed by atoms with E-state index < -0.39 is 0 Å². The molecule has 1 aliphatic carbocycles. The highest BCUT2D eigenvalue weighted by Crippen LogP contribution is 2.43. The monoisotopic (exact) mass is 219 g/mol. The van der Waals surface area contributed by atoms with Gasteiger partial charge < -0.3 is 4.84 Å². The molecule has 1 atom stereocenters. The summed E-state index contributed by atoms with van der Waals surface area (Å²) in [7, 11) is 0. The van der Waals surface area contributed by atoms with Crippen LogP contribution in [-0.4, -0.2) is 6.61 Å². The van der Waals surface area contributed by atoms with Gasteiger partial charge in [0, 0.05) is 0 Å². The Balaban J connectivity index is 2.31. The molecule has 0 saturated heterocycles. The van der Waals surface area contributed by atoms with Crippen molar-refractivity contribution in [3.63, 3.8) is 0 Å². The van der Waals surface area contributed by atoms with E-state index in [9.17, 15) is 0 Å². The summed E-state index contributed by atoms with van der Waals surface area (Å²) >= 11 is 0. The lowest BCUT2D eigenvalue weighted by Crippen LogP contribution is -2.31. The standard InChI is InChI=1S/C14H21NO/c1-14(2,10-16-15)13-9-5-7-11-6-3-4-8-12(11)13/h3-4,6,8,13H,5,7,9-10,15H2,1-2H3. The minimum atomic E-state index is 0.116. The smallest absolute Gasteiger partial charge is 0.0736 e. The van der Waals surface area contributed by atoms with Crippen molar-refractivity contribution in [1.82, 2.24) is 0 Å². The van der Waals surface area contributed by atoms with Gasteiger partial charge in [-0.05, 0) is 41.7 Å². The fraction of sp³-hybridized carbons (Fsp3) is 0.571. The Morgan fingerprint density at radius 2 is 2.12 bits per heavy atom. The van der Waals surface area contributed by atoms with Gasteiger partial charge in [0.2, 0.25) is 0 Å². The Morgan fingerprint density at radius 1 is 1.38 bits per heavy atom. The number of benzene rings is 1. The molecule has 88 valence electrons. The maximum absolute atomic E-state index is 5.24. The van der Waals surface area contributed by atoms with E-state index in [0.717, 1.165) is 0 Å². The quantitative estimate of drug-likeness (QED) is 0.793. The highest BCUT2D eigenvalue weighted by Gasteiger charge is 2.33. The average molecular weight is 219 g/mol. The molecule has 0 aliphatic heterocycles. The van der Waals surface area contributed by atoms with Gasteiger partial charge >= 0.3 is 0 Å². The Kier molecular flexibility index (Phi) is 3.31. The van der Waals surface area contributed by atoms with E-state index in [-0.39, 0.29) is 5.41 Å². The topological polar surface area (TPSA) is 35.2 Å². The molecule has 0 radical (unpaired) electrons. The SMILES string of the molecule is CC(C)(CON)C1CCCc2ccccc21. The van der Waals surface area contributed by atoms with Crippen molar-refractivity contribution in [1.29, 1.82) is 0 Å². The van der Waals surface area contributed by atoms with E-state index in [1.54, 1.807) is 0 Å². The van der Waals surface area contributed by atoms with Gasteiger partial charge in [-0.15, -0.1) is 0 Å². The Hall–Kier alpha value is -0.860. The zero-order chi connectivity index (χ0) is 11.6. The molecule has 0 amide bonds. The van der Waals surface area contributed by atoms with Crippen LogP contribution in [0.4, 0.5) is 0 Å². The summed E-state index contributed by atoms with van der Waals surface area (Å²) < 4.78 is 0. The highest BCUT2D eigenvalue weighted by atomic mass is 16.6. The first-order chi connectivity index (χ1) is 7.65. The predicted octanol–water partition coefficient (Wildman–Crippen LogP) is 3.02. The van der Waals surface area contributed by atoms with Gasteiger partial charge in [0.25, 0.3) is 0 Å². The van der Waals surface area contributed by atoms with Crippen LogP contribution < -0.4 is 5.90 Å². The molecule has 1 unspecified atom stereocenters. The summed E-state index contributed by atoms with van der Waals surface area (Å²) in [6.45, 7) is 5.10. The van der Waals surface area contributed by atoms with Gasteiger partial charge in [-0.1, -0.05) is 38.1 Å². The lowest BCUT2D eigenvalue weighted by molar-refractivity contribution is 0.0436. The number of hydrogen-bond donors (Lipinski definition) is 1. The molecule has 2 heteroatoms. The van der Waals surface area contributed by atoms with Crippen LogP contribution in [-0.2, 0) is 11.3 Å². The first-order valence-electron chi connectivity index (χ1n) is 6.04. The largest absolute Gasteiger partial charge is 0.304 e. The minimum absolute atomic E-state index is 0.116. The van der Waals surface area contributed by atoms with Crippen molar-refractivity contribution in [2.75, 3.05) is 6.61 Å². The van der Waals surface area contributed by atoms with Gasteiger partial charge in [-0.25, -0.2) is 5.90 Å². The number of rotatable bonds is 3. The molecule has 1 aromatic rings. The molecule has 16 heavy (non-hydrogen) atoms. The normalized spacial score (nSPS) is 20.6. The molecule has 2 rings (SSSR count). The Bertz CT molecular complexity index is 360. The fourth-order valence-corrected chi connectivity index (χ4v) is 2.88. The Morgan fingerprint density at radius 3 is 2.88 bits per heavy atom. The van der Waals surface area contributed by atoms with Crippen molar-refractivity contribution in [2.24, 2.45) is 11.3 Å². The van der Waals surface area contributed by atoms with Crippen LogP contribution in [0.15, 0.2) is 24.3 Å². The summed E-state index contributed by atoms with van der Waals surface area (Å²) in [6.07, 6.45) is 3.73. The summed E-state index contributed by atoms with van der Waals surface area (Å²) in [5.41, 5.74) is 3.12. The molecular formula is C14H21NO. The molecule has 1 aromatic carbocycles. The van der Waals surface area contributed by atoms with Gasteiger partial charge in [-0.3, -0.25) is 0 Å². The third kappa shape index (κ3) is 2.13. The molecule has 1 aliphatic rings. The van der Waals surface area contributed by atoms with Gasteiger partial charge in [0.05, 0.1) is 6.61 Å². The predicted molar refractivity (Wildman–Crippen MR) is 66.0 cm³/mol. The number of hydrogen-bond acceptors (Lipinski definition) is 2. The maximum Gasteiger partial charge on any atom is 0.0736 e. The second-order valence-electron chi connectivity index (χ2n) is 5.44. The van der Waals surface area contributed by atoms with E-state index in [4.69, 9.17) is 10.7 Å². The van der Waals surface area contributed by atoms with E-state index in [1.165, 1.54) is 30.4 Å². The van der Waals surface area contributed by atoms with E-state index in [2.05, 4.69) is 38.1 Å². The van der Waals surface area contributed by atoms with Crippen LogP contribution in [0.5, 0.6) is 0 Å². The number of nitrogens with two attached hydrogens (primary N) is 1. The summed E-state index contributed by atoms with van der Waals surface area (Å²) in [5.74, 6) is 5.81. The highest BCUT2D eigenvalue weighted by molar-refractivity contribution is 5.33. The van der Waals surface area contributed by atoms with Crippen molar-refractivity contribution in [2.45, 2.75) is 39.0 Å². The van der Waals surface area contributed by atoms with Gasteiger partial charge in [0.15, 0.2) is 0 Å². The number of aryl methyl sites for hydroxylation is 1. The van der Waals surface area contributed by atoms with Crippen LogP contribution in [0.2, 0.25) is 0 Å². The van der Waals surface area contributed by atoms with Crippen molar-refractivity contribution >= 4 is 0 Å². The maximum atomic E-state index is 5.24. The van der Waals surface area contributed by atoms with Crippen molar-refractivity contribution < 1.29 is 4.84 Å². The molecular weight excluding hydrogens is 198 g/mol. The van der Waals surface area contributed by atoms with E-state index in [1.807, 2.05) is 0 Å². The minimum Gasteiger partial charge on any atom is -0.304 e. The third-order valence-electron chi connectivity index (χ3n) is 3.77. The summed E-state index contributed by atoms with van der Waals surface area (Å²) in [6, 6.07) is 8.78. The van der Waals surface area contributed by atoms with Gasteiger partial charge in [-0.2, -0.15) is 0 Å². The third-order valence-corrected chi connectivity index (χ3v) is 3.77. The molecule has 2 N–H and O–H groups in total. The first-order valence-corrected chi connectivity index (χ1v) is 6.04. The van der Waals surface area contributed by atoms with Crippen LogP contribution in [0.1, 0.15) is 43.7 Å². The van der Waals surface area contributed by atoms with Crippen LogP contribution in [0, 0.1) is 5.41 Å². The zero-order valence-electron chi connectivity index (χ0n) is 10.2. The van der Waals surface area contributed by atoms with Crippen LogP contribution in [0.25, 0.3) is 0 Å². The zero-order valence-corrected chi connectivity index (χ0v) is 10.2. The molecule has 0 fully saturated rings. The molecule has 0 saturated carbocycles. The molecule has 0 bridgehead atoms. The summed E-state index contributed by atoms with van der Waals surface area (Å²) in [4.78, 5) is 4.87. The average Bonchev–Trinajstić information content (AvgIpc) is 2.28. The lowest BCUT2D eigenvalue weighted by atomic mass is 9.69. The van der Waals surface area contributed by atoms with Crippen molar-refractivity contribution in [3.8, 4) is 0 Å². The molecule has 0 aromatic heterocycles. The Labute approximate surface area is 97.8 Å². The van der Waals surface area contributed by atoms with Crippen LogP contribution in [0.3, 0.4) is 0 Å². The van der Waals surface area contributed by atoms with Crippen molar-refractivity contribution in [3.05, 3.63) is 35.4 Å². The molecule has 0 spiro atoms. The fourth-order valence-electron chi connectivity index (χ4n) is 2.88. The van der Waals surface area contributed by atoms with E-state index in [0.29, 0.717) is 12.5 Å². The van der Waals surface area contributed by atoms with E-state index >= 15 is 0 Å². The first kappa shape index (κ1) is 11.6. The summed E-state index contributed by atoms with van der Waals surface area (Å²) in [5, 5.41) is 0. The second-order valence-corrected chi connectivity index (χ2v) is 5.44.